The van der Waals surface area contributed by atoms with Crippen molar-refractivity contribution in [2.75, 3.05) is 0 Å². The number of aromatic nitrogens is 1. The Morgan fingerprint density at radius 2 is 2.22 bits per heavy atom. The van der Waals surface area contributed by atoms with Gasteiger partial charge in [-0.05, 0) is 38.8 Å². The molecular weight excluding hydrogens is 300 g/mol. The van der Waals surface area contributed by atoms with Crippen LogP contribution < -0.4 is 0 Å². The van der Waals surface area contributed by atoms with Crippen LogP contribution in [0.15, 0.2) is 27.2 Å². The van der Waals surface area contributed by atoms with E-state index >= 15 is 0 Å². The molecule has 0 bridgehead atoms. The molecular formula is C16H18N2O5. The first-order valence-corrected chi connectivity index (χ1v) is 7.51. The highest BCUT2D eigenvalue weighted by Crippen LogP contribution is 2.30. The Labute approximate surface area is 132 Å². The van der Waals surface area contributed by atoms with Gasteiger partial charge in [-0.1, -0.05) is 0 Å². The Kier molecular flexibility index (Phi) is 3.94. The van der Waals surface area contributed by atoms with Gasteiger partial charge in [-0.15, -0.1) is 0 Å². The zero-order chi connectivity index (χ0) is 16.6. The van der Waals surface area contributed by atoms with Crippen molar-refractivity contribution >= 4 is 11.9 Å². The van der Waals surface area contributed by atoms with Crippen LogP contribution in [-0.2, 0) is 16.0 Å². The molecule has 7 heteroatoms. The Morgan fingerprint density at radius 1 is 1.48 bits per heavy atom. The molecule has 2 heterocycles. The molecule has 1 N–H and O–H groups in total. The normalized spacial score (nSPS) is 15.4. The third kappa shape index (κ3) is 3.13. The molecule has 0 saturated heterocycles. The molecule has 1 aliphatic rings. The Hall–Kier alpha value is -2.57. The molecule has 1 saturated carbocycles. The molecule has 2 aromatic heterocycles. The summed E-state index contributed by atoms with van der Waals surface area (Å²) in [7, 11) is 0. The van der Waals surface area contributed by atoms with Gasteiger partial charge in [0.1, 0.15) is 11.8 Å². The molecule has 0 aliphatic heterocycles. The SMILES string of the molecule is Cc1oc(-c2ccco2)nc1CC(=O)N(C1CC1)C(C)C(=O)O. The molecule has 0 spiro atoms. The molecule has 0 radical (unpaired) electrons. The number of nitrogens with zero attached hydrogens (tertiary/aromatic N) is 2. The molecule has 1 unspecified atom stereocenters. The third-order valence-corrected chi connectivity index (χ3v) is 3.95. The number of aryl methyl sites for hydroxylation is 1. The van der Waals surface area contributed by atoms with Crippen molar-refractivity contribution in [3.8, 4) is 11.7 Å². The predicted molar refractivity (Wildman–Crippen MR) is 79.6 cm³/mol. The van der Waals surface area contributed by atoms with E-state index in [1.54, 1.807) is 19.1 Å². The minimum atomic E-state index is -1.00. The van der Waals surface area contributed by atoms with Crippen molar-refractivity contribution in [2.24, 2.45) is 0 Å². The van der Waals surface area contributed by atoms with Crippen LogP contribution in [0.4, 0.5) is 0 Å². The van der Waals surface area contributed by atoms with Gasteiger partial charge < -0.3 is 18.8 Å². The first kappa shape index (κ1) is 15.3. The van der Waals surface area contributed by atoms with Crippen molar-refractivity contribution < 1.29 is 23.5 Å². The molecule has 1 aliphatic carbocycles. The largest absolute Gasteiger partial charge is 0.480 e. The van der Waals surface area contributed by atoms with Gasteiger partial charge >= 0.3 is 5.97 Å². The molecule has 122 valence electrons. The van der Waals surface area contributed by atoms with E-state index in [1.165, 1.54) is 18.1 Å². The van der Waals surface area contributed by atoms with E-state index in [0.717, 1.165) is 12.8 Å². The molecule has 1 atom stereocenters. The van der Waals surface area contributed by atoms with Crippen LogP contribution >= 0.6 is 0 Å². The summed E-state index contributed by atoms with van der Waals surface area (Å²) in [6.07, 6.45) is 3.23. The predicted octanol–water partition coefficient (Wildman–Crippen LogP) is 2.25. The van der Waals surface area contributed by atoms with Crippen molar-refractivity contribution in [2.45, 2.75) is 45.2 Å². The van der Waals surface area contributed by atoms with E-state index in [9.17, 15) is 14.7 Å². The number of hydrogen-bond acceptors (Lipinski definition) is 5. The summed E-state index contributed by atoms with van der Waals surface area (Å²) in [5.41, 5.74) is 0.504. The highest BCUT2D eigenvalue weighted by atomic mass is 16.4. The van der Waals surface area contributed by atoms with Crippen molar-refractivity contribution in [3.63, 3.8) is 0 Å². The molecule has 1 amide bonds. The average Bonchev–Trinajstić information content (AvgIpc) is 3.04. The van der Waals surface area contributed by atoms with E-state index in [2.05, 4.69) is 4.98 Å². The summed E-state index contributed by atoms with van der Waals surface area (Å²) in [4.78, 5) is 29.5. The number of carbonyl (C=O) groups excluding carboxylic acids is 1. The molecule has 3 rings (SSSR count). The van der Waals surface area contributed by atoms with Crippen LogP contribution in [0.5, 0.6) is 0 Å². The van der Waals surface area contributed by atoms with Gasteiger partial charge in [0.2, 0.25) is 5.91 Å². The lowest BCUT2D eigenvalue weighted by atomic mass is 10.2. The second-order valence-corrected chi connectivity index (χ2v) is 5.72. The van der Waals surface area contributed by atoms with Gasteiger partial charge in [0.25, 0.3) is 5.89 Å². The highest BCUT2D eigenvalue weighted by molar-refractivity contribution is 5.85. The average molecular weight is 318 g/mol. The number of carboxylic acid groups (broad SMARTS) is 1. The summed E-state index contributed by atoms with van der Waals surface area (Å²) in [5, 5.41) is 9.19. The topological polar surface area (TPSA) is 96.8 Å². The monoisotopic (exact) mass is 318 g/mol. The van der Waals surface area contributed by atoms with E-state index in [-0.39, 0.29) is 18.4 Å². The standard InChI is InChI=1S/C16H18N2O5/c1-9(16(20)21)18(11-5-6-11)14(19)8-12-10(2)23-15(17-12)13-4-3-7-22-13/h3-4,7,9,11H,5-6,8H2,1-2H3,(H,20,21). The summed E-state index contributed by atoms with van der Waals surface area (Å²) in [6, 6.07) is 2.63. The van der Waals surface area contributed by atoms with Crippen LogP contribution in [0.1, 0.15) is 31.2 Å². The van der Waals surface area contributed by atoms with E-state index in [1.807, 2.05) is 0 Å². The van der Waals surface area contributed by atoms with Crippen molar-refractivity contribution in [3.05, 3.63) is 29.9 Å². The van der Waals surface area contributed by atoms with E-state index in [4.69, 9.17) is 8.83 Å². The van der Waals surface area contributed by atoms with Gasteiger partial charge in [0.15, 0.2) is 5.76 Å². The lowest BCUT2D eigenvalue weighted by molar-refractivity contribution is -0.149. The number of carboxylic acids is 1. The van der Waals surface area contributed by atoms with Crippen molar-refractivity contribution in [1.29, 1.82) is 0 Å². The van der Waals surface area contributed by atoms with Crippen LogP contribution in [0.3, 0.4) is 0 Å². The number of oxazole rings is 1. The van der Waals surface area contributed by atoms with Crippen LogP contribution in [0.25, 0.3) is 11.7 Å². The van der Waals surface area contributed by atoms with Gasteiger partial charge in [0, 0.05) is 6.04 Å². The molecule has 0 aromatic carbocycles. The fourth-order valence-electron chi connectivity index (χ4n) is 2.54. The first-order valence-electron chi connectivity index (χ1n) is 7.51. The number of carbonyl (C=O) groups is 2. The fourth-order valence-corrected chi connectivity index (χ4v) is 2.54. The lowest BCUT2D eigenvalue weighted by Crippen LogP contribution is -2.45. The number of aliphatic carboxylic acids is 1. The zero-order valence-electron chi connectivity index (χ0n) is 13.0. The molecule has 23 heavy (non-hydrogen) atoms. The van der Waals surface area contributed by atoms with Gasteiger partial charge in [0.05, 0.1) is 18.4 Å². The summed E-state index contributed by atoms with van der Waals surface area (Å²) in [6.45, 7) is 3.26. The summed E-state index contributed by atoms with van der Waals surface area (Å²) in [5.74, 6) is 0.0935. The number of furan rings is 1. The Balaban J connectivity index is 1.78. The minimum Gasteiger partial charge on any atom is -0.480 e. The lowest BCUT2D eigenvalue weighted by Gasteiger charge is -2.26. The van der Waals surface area contributed by atoms with E-state index in [0.29, 0.717) is 23.1 Å². The first-order chi connectivity index (χ1) is 11.0. The Bertz CT molecular complexity index is 715. The molecule has 1 fully saturated rings. The fraction of sp³-hybridized carbons (Fsp3) is 0.438. The summed E-state index contributed by atoms with van der Waals surface area (Å²) >= 11 is 0. The second-order valence-electron chi connectivity index (χ2n) is 5.72. The van der Waals surface area contributed by atoms with Crippen LogP contribution in [0.2, 0.25) is 0 Å². The van der Waals surface area contributed by atoms with Crippen LogP contribution in [0, 0.1) is 6.92 Å². The van der Waals surface area contributed by atoms with Crippen molar-refractivity contribution in [1.82, 2.24) is 9.88 Å². The highest BCUT2D eigenvalue weighted by Gasteiger charge is 2.38. The number of amides is 1. The number of rotatable bonds is 6. The van der Waals surface area contributed by atoms with E-state index < -0.39 is 12.0 Å². The molecule has 2 aromatic rings. The third-order valence-electron chi connectivity index (χ3n) is 3.95. The summed E-state index contributed by atoms with van der Waals surface area (Å²) < 4.78 is 10.8. The quantitative estimate of drug-likeness (QED) is 0.877. The maximum atomic E-state index is 12.5. The second kappa shape index (κ2) is 5.91. The number of hydrogen-bond donors (Lipinski definition) is 1. The molecule has 7 nitrogen and oxygen atoms in total. The Morgan fingerprint density at radius 3 is 2.78 bits per heavy atom. The zero-order valence-corrected chi connectivity index (χ0v) is 13.0. The van der Waals surface area contributed by atoms with Crippen LogP contribution in [-0.4, -0.2) is 39.0 Å². The van der Waals surface area contributed by atoms with Gasteiger partial charge in [-0.25, -0.2) is 9.78 Å². The van der Waals surface area contributed by atoms with Gasteiger partial charge in [-0.2, -0.15) is 0 Å². The van der Waals surface area contributed by atoms with Gasteiger partial charge in [-0.3, -0.25) is 4.79 Å². The maximum Gasteiger partial charge on any atom is 0.326 e. The smallest absolute Gasteiger partial charge is 0.326 e. The maximum absolute atomic E-state index is 12.5. The minimum absolute atomic E-state index is 0.0180.